The monoisotopic (exact) mass is 461 g/mol. The largest absolute Gasteiger partial charge is 0.454 e. The molecule has 1 N–H and O–H groups in total. The second-order valence-corrected chi connectivity index (χ2v) is 8.89. The van der Waals surface area contributed by atoms with E-state index in [1.54, 1.807) is 0 Å². The van der Waals surface area contributed by atoms with E-state index in [0.717, 1.165) is 18.5 Å². The number of sulfonamides is 1. The highest BCUT2D eigenvalue weighted by molar-refractivity contribution is 7.92. The summed E-state index contributed by atoms with van der Waals surface area (Å²) in [6.07, 6.45) is 2.59. The molecule has 11 heteroatoms. The molecule has 166 valence electrons. The quantitative estimate of drug-likeness (QED) is 0.465. The van der Waals surface area contributed by atoms with Crippen LogP contribution in [0.1, 0.15) is 6.92 Å². The third-order valence-electron chi connectivity index (χ3n) is 4.70. The molecule has 2 heterocycles. The van der Waals surface area contributed by atoms with E-state index in [1.165, 1.54) is 42.9 Å². The Labute approximate surface area is 181 Å². The fourth-order valence-corrected chi connectivity index (χ4v) is 3.71. The van der Waals surface area contributed by atoms with E-state index < -0.39 is 27.2 Å². The van der Waals surface area contributed by atoms with Gasteiger partial charge in [0.1, 0.15) is 17.1 Å². The summed E-state index contributed by atoms with van der Waals surface area (Å²) < 4.78 is 66.2. The lowest BCUT2D eigenvalue weighted by Gasteiger charge is -2.15. The first kappa shape index (κ1) is 21.5. The normalized spacial score (nSPS) is 11.6. The van der Waals surface area contributed by atoms with Crippen molar-refractivity contribution in [1.82, 2.24) is 9.55 Å². The smallest absolute Gasteiger partial charge is 0.295 e. The van der Waals surface area contributed by atoms with Crippen molar-refractivity contribution in [3.63, 3.8) is 0 Å². The lowest BCUT2D eigenvalue weighted by atomic mass is 10.0. The summed E-state index contributed by atoms with van der Waals surface area (Å²) in [7, 11) is -2.07. The fourth-order valence-electron chi connectivity index (χ4n) is 3.08. The molecule has 0 fully saturated rings. The third-order valence-corrected chi connectivity index (χ3v) is 6.00. The molecule has 0 aliphatic carbocycles. The van der Waals surface area contributed by atoms with Gasteiger partial charge in [-0.05, 0) is 37.3 Å². The van der Waals surface area contributed by atoms with Gasteiger partial charge >= 0.3 is 0 Å². The maximum Gasteiger partial charge on any atom is 0.295 e. The Morgan fingerprint density at radius 3 is 2.59 bits per heavy atom. The number of hydrogen-bond acceptors (Lipinski definition) is 6. The molecule has 4 rings (SSSR count). The van der Waals surface area contributed by atoms with Crippen LogP contribution in [-0.2, 0) is 17.1 Å². The molecule has 32 heavy (non-hydrogen) atoms. The summed E-state index contributed by atoms with van der Waals surface area (Å²) in [5, 5.41) is 0. The van der Waals surface area contributed by atoms with Gasteiger partial charge in [-0.15, -0.1) is 0 Å². The van der Waals surface area contributed by atoms with Crippen molar-refractivity contribution >= 4 is 26.8 Å². The van der Waals surface area contributed by atoms with Crippen molar-refractivity contribution in [1.29, 1.82) is 0 Å². The van der Waals surface area contributed by atoms with Gasteiger partial charge in [-0.2, -0.15) is 0 Å². The van der Waals surface area contributed by atoms with Crippen LogP contribution in [-0.4, -0.2) is 23.7 Å². The minimum Gasteiger partial charge on any atom is -0.454 e. The third kappa shape index (κ3) is 4.06. The van der Waals surface area contributed by atoms with Gasteiger partial charge in [0, 0.05) is 36.1 Å². The van der Waals surface area contributed by atoms with Crippen LogP contribution in [0.5, 0.6) is 11.5 Å². The van der Waals surface area contributed by atoms with Crippen molar-refractivity contribution in [2.24, 2.45) is 7.05 Å². The minimum atomic E-state index is -3.58. The number of aromatic nitrogens is 2. The van der Waals surface area contributed by atoms with E-state index in [-0.39, 0.29) is 34.0 Å². The standard InChI is InChI=1S/C21H17F2N3O5S/c1-3-32(28,29)25-13-5-7-17(31-18-6-4-12(22)8-16(18)23)14(9-13)15-10-26(2)21(27)20-19(15)24-11-30-20/h4-11,25H,3H2,1-2H3. The predicted octanol–water partition coefficient (Wildman–Crippen LogP) is 4.03. The van der Waals surface area contributed by atoms with Crippen molar-refractivity contribution in [2.45, 2.75) is 6.92 Å². The van der Waals surface area contributed by atoms with Gasteiger partial charge in [-0.1, -0.05) is 0 Å². The number of rotatable bonds is 6. The van der Waals surface area contributed by atoms with Crippen LogP contribution in [0.2, 0.25) is 0 Å². The highest BCUT2D eigenvalue weighted by Crippen LogP contribution is 2.38. The van der Waals surface area contributed by atoms with Gasteiger partial charge in [0.25, 0.3) is 5.56 Å². The molecule has 4 aromatic rings. The van der Waals surface area contributed by atoms with Crippen LogP contribution < -0.4 is 15.0 Å². The zero-order chi connectivity index (χ0) is 23.0. The number of oxazole rings is 1. The van der Waals surface area contributed by atoms with E-state index in [0.29, 0.717) is 17.2 Å². The first-order valence-electron chi connectivity index (χ1n) is 9.39. The first-order chi connectivity index (χ1) is 15.2. The zero-order valence-electron chi connectivity index (χ0n) is 16.9. The number of anilines is 1. The fraction of sp³-hybridized carbons (Fsp3) is 0.143. The van der Waals surface area contributed by atoms with Crippen LogP contribution in [0.15, 0.2) is 58.2 Å². The van der Waals surface area contributed by atoms with Gasteiger partial charge in [0.05, 0.1) is 5.75 Å². The van der Waals surface area contributed by atoms with Gasteiger partial charge in [-0.3, -0.25) is 9.52 Å². The van der Waals surface area contributed by atoms with Gasteiger partial charge in [0.15, 0.2) is 18.0 Å². The Hall–Kier alpha value is -3.73. The number of aryl methyl sites for hydroxylation is 1. The zero-order valence-corrected chi connectivity index (χ0v) is 17.7. The van der Waals surface area contributed by atoms with Crippen LogP contribution in [0.4, 0.5) is 14.5 Å². The number of hydrogen-bond donors (Lipinski definition) is 1. The van der Waals surface area contributed by atoms with Crippen molar-refractivity contribution in [3.05, 3.63) is 71.0 Å². The van der Waals surface area contributed by atoms with E-state index in [2.05, 4.69) is 9.71 Å². The summed E-state index contributed by atoms with van der Waals surface area (Å²) in [5.41, 5.74) is 0.692. The molecule has 2 aromatic carbocycles. The molecule has 0 atom stereocenters. The Kier molecular flexibility index (Phi) is 5.43. The molecule has 0 aliphatic heterocycles. The predicted molar refractivity (Wildman–Crippen MR) is 114 cm³/mol. The Morgan fingerprint density at radius 1 is 1.12 bits per heavy atom. The highest BCUT2D eigenvalue weighted by atomic mass is 32.2. The molecule has 0 radical (unpaired) electrons. The lowest BCUT2D eigenvalue weighted by molar-refractivity contribution is 0.439. The van der Waals surface area contributed by atoms with Crippen molar-refractivity contribution < 1.29 is 26.4 Å². The summed E-state index contributed by atoms with van der Waals surface area (Å²) in [5.74, 6) is -1.94. The maximum absolute atomic E-state index is 14.2. The Balaban J connectivity index is 1.93. The number of pyridine rings is 1. The number of fused-ring (bicyclic) bond motifs is 1. The molecule has 0 aliphatic rings. The molecule has 8 nitrogen and oxygen atoms in total. The molecule has 0 amide bonds. The molecule has 0 bridgehead atoms. The number of benzene rings is 2. The van der Waals surface area contributed by atoms with Crippen molar-refractivity contribution in [2.75, 3.05) is 10.5 Å². The minimum absolute atomic E-state index is 0.0107. The first-order valence-corrected chi connectivity index (χ1v) is 11.0. The summed E-state index contributed by atoms with van der Waals surface area (Å²) in [6.45, 7) is 1.49. The van der Waals surface area contributed by atoms with Crippen LogP contribution in [0, 0.1) is 11.6 Å². The molecule has 0 saturated carbocycles. The number of ether oxygens (including phenoxy) is 1. The Morgan fingerprint density at radius 2 is 1.88 bits per heavy atom. The van der Waals surface area contributed by atoms with Crippen LogP contribution in [0.3, 0.4) is 0 Å². The van der Waals surface area contributed by atoms with E-state index >= 15 is 0 Å². The topological polar surface area (TPSA) is 103 Å². The van der Waals surface area contributed by atoms with Gasteiger partial charge in [0.2, 0.25) is 15.6 Å². The summed E-state index contributed by atoms with van der Waals surface area (Å²) in [6, 6.07) is 7.20. The van der Waals surface area contributed by atoms with E-state index in [4.69, 9.17) is 9.15 Å². The molecule has 0 unspecified atom stereocenters. The average Bonchev–Trinajstić information content (AvgIpc) is 3.24. The molecular formula is C21H17F2N3O5S. The highest BCUT2D eigenvalue weighted by Gasteiger charge is 2.19. The molecular weight excluding hydrogens is 444 g/mol. The van der Waals surface area contributed by atoms with Crippen LogP contribution >= 0.6 is 0 Å². The molecule has 0 spiro atoms. The summed E-state index contributed by atoms with van der Waals surface area (Å²) >= 11 is 0. The SMILES string of the molecule is CCS(=O)(=O)Nc1ccc(Oc2ccc(F)cc2F)c(-c2cn(C)c(=O)c3ocnc23)c1. The molecule has 2 aromatic heterocycles. The van der Waals surface area contributed by atoms with Gasteiger partial charge in [-0.25, -0.2) is 22.2 Å². The number of nitrogens with one attached hydrogen (secondary N) is 1. The van der Waals surface area contributed by atoms with Crippen LogP contribution in [0.25, 0.3) is 22.2 Å². The Bertz CT molecular complexity index is 1500. The second-order valence-electron chi connectivity index (χ2n) is 6.88. The van der Waals surface area contributed by atoms with E-state index in [1.807, 2.05) is 0 Å². The van der Waals surface area contributed by atoms with Crippen molar-refractivity contribution in [3.8, 4) is 22.6 Å². The lowest BCUT2D eigenvalue weighted by Crippen LogP contribution is -2.16. The second kappa shape index (κ2) is 8.08. The maximum atomic E-state index is 14.2. The molecule has 0 saturated heterocycles. The number of halogens is 2. The summed E-state index contributed by atoms with van der Waals surface area (Å²) in [4.78, 5) is 16.4. The van der Waals surface area contributed by atoms with E-state index in [9.17, 15) is 22.0 Å². The van der Waals surface area contributed by atoms with Gasteiger partial charge < -0.3 is 13.7 Å². The number of nitrogens with zero attached hydrogens (tertiary/aromatic N) is 2. The average molecular weight is 461 g/mol.